The molecule has 0 bridgehead atoms. The maximum atomic E-state index is 13.8. The predicted molar refractivity (Wildman–Crippen MR) is 97.7 cm³/mol. The van der Waals surface area contributed by atoms with Crippen LogP contribution < -0.4 is 5.32 Å². The number of nitrogens with one attached hydrogen (secondary N) is 1. The second-order valence-corrected chi connectivity index (χ2v) is 7.40. The van der Waals surface area contributed by atoms with Gasteiger partial charge in [0, 0.05) is 31.2 Å². The van der Waals surface area contributed by atoms with Crippen molar-refractivity contribution in [2.45, 2.75) is 31.8 Å². The Labute approximate surface area is 165 Å². The van der Waals surface area contributed by atoms with E-state index >= 15 is 0 Å². The number of alkyl halides is 3. The van der Waals surface area contributed by atoms with Crippen molar-refractivity contribution in [1.29, 1.82) is 0 Å². The fourth-order valence-corrected chi connectivity index (χ4v) is 3.90. The van der Waals surface area contributed by atoms with Gasteiger partial charge in [0.1, 0.15) is 5.82 Å². The van der Waals surface area contributed by atoms with Crippen LogP contribution in [0.25, 0.3) is 0 Å². The summed E-state index contributed by atoms with van der Waals surface area (Å²) in [5, 5.41) is 2.77. The molecule has 4 rings (SSSR count). The van der Waals surface area contributed by atoms with Crippen molar-refractivity contribution in [2.24, 2.45) is 0 Å². The molecule has 154 valence electrons. The van der Waals surface area contributed by atoms with E-state index in [1.165, 1.54) is 0 Å². The summed E-state index contributed by atoms with van der Waals surface area (Å²) in [7, 11) is 0. The molecule has 2 atom stereocenters. The van der Waals surface area contributed by atoms with E-state index in [9.17, 15) is 22.4 Å². The first kappa shape index (κ1) is 19.8. The van der Waals surface area contributed by atoms with Gasteiger partial charge in [0.25, 0.3) is 5.91 Å². The van der Waals surface area contributed by atoms with Crippen LogP contribution in [0.15, 0.2) is 36.4 Å². The van der Waals surface area contributed by atoms with Gasteiger partial charge in [-0.2, -0.15) is 13.2 Å². The van der Waals surface area contributed by atoms with E-state index < -0.39 is 23.6 Å². The second-order valence-electron chi connectivity index (χ2n) is 7.40. The van der Waals surface area contributed by atoms with Gasteiger partial charge in [0.05, 0.1) is 18.3 Å². The Morgan fingerprint density at radius 3 is 2.76 bits per heavy atom. The molecule has 2 aliphatic rings. The van der Waals surface area contributed by atoms with Crippen LogP contribution in [0, 0.1) is 5.82 Å². The lowest BCUT2D eigenvalue weighted by atomic mass is 9.99. The topological polar surface area (TPSA) is 41.6 Å². The molecule has 1 fully saturated rings. The summed E-state index contributed by atoms with van der Waals surface area (Å²) in [6, 6.07) is 7.79. The van der Waals surface area contributed by atoms with E-state index in [2.05, 4.69) is 5.32 Å². The van der Waals surface area contributed by atoms with Gasteiger partial charge in [-0.1, -0.05) is 12.1 Å². The van der Waals surface area contributed by atoms with Crippen molar-refractivity contribution in [2.75, 3.05) is 19.7 Å². The number of morpholine rings is 1. The number of halogens is 4. The maximum Gasteiger partial charge on any atom is 0.416 e. The minimum absolute atomic E-state index is 0.0991. The fraction of sp³-hybridized carbons (Fsp3) is 0.381. The lowest BCUT2D eigenvalue weighted by Crippen LogP contribution is -2.40. The largest absolute Gasteiger partial charge is 0.416 e. The Kier molecular flexibility index (Phi) is 5.08. The van der Waals surface area contributed by atoms with Crippen LogP contribution in [0.3, 0.4) is 0 Å². The van der Waals surface area contributed by atoms with Crippen LogP contribution in [-0.2, 0) is 17.5 Å². The van der Waals surface area contributed by atoms with Crippen LogP contribution >= 0.6 is 0 Å². The maximum absolute atomic E-state index is 13.8. The average molecular weight is 408 g/mol. The third-order valence-corrected chi connectivity index (χ3v) is 5.56. The molecular weight excluding hydrogens is 388 g/mol. The van der Waals surface area contributed by atoms with Crippen LogP contribution in [0.5, 0.6) is 0 Å². The van der Waals surface area contributed by atoms with E-state index in [0.29, 0.717) is 37.9 Å². The van der Waals surface area contributed by atoms with Gasteiger partial charge in [-0.25, -0.2) is 4.39 Å². The van der Waals surface area contributed by atoms with Gasteiger partial charge >= 0.3 is 6.18 Å². The molecule has 0 radical (unpaired) electrons. The number of carbonyl (C=O) groups is 1. The number of nitrogens with zero attached hydrogens (tertiary/aromatic N) is 1. The summed E-state index contributed by atoms with van der Waals surface area (Å²) in [6.45, 7) is 3.63. The summed E-state index contributed by atoms with van der Waals surface area (Å²) in [4.78, 5) is 13.7. The molecule has 1 amide bonds. The number of amides is 1. The van der Waals surface area contributed by atoms with Gasteiger partial charge in [-0.3, -0.25) is 9.69 Å². The molecule has 4 nitrogen and oxygen atoms in total. The van der Waals surface area contributed by atoms with Crippen LogP contribution in [-0.4, -0.2) is 30.5 Å². The van der Waals surface area contributed by atoms with E-state index in [4.69, 9.17) is 4.74 Å². The number of fused-ring (bicyclic) bond motifs is 1. The highest BCUT2D eigenvalue weighted by molar-refractivity contribution is 5.98. The molecular formula is C21H20F4N2O2. The van der Waals surface area contributed by atoms with E-state index in [1.807, 2.05) is 17.0 Å². The highest BCUT2D eigenvalue weighted by Gasteiger charge is 2.33. The number of hydrogen-bond donors (Lipinski definition) is 1. The number of benzene rings is 2. The van der Waals surface area contributed by atoms with Crippen molar-refractivity contribution >= 4 is 5.91 Å². The minimum atomic E-state index is -4.60. The Morgan fingerprint density at radius 1 is 1.21 bits per heavy atom. The molecule has 1 N–H and O–H groups in total. The van der Waals surface area contributed by atoms with Gasteiger partial charge in [0.15, 0.2) is 0 Å². The van der Waals surface area contributed by atoms with Crippen LogP contribution in [0.1, 0.15) is 51.7 Å². The molecule has 2 aliphatic heterocycles. The molecule has 8 heteroatoms. The Balaban J connectivity index is 1.54. The monoisotopic (exact) mass is 408 g/mol. The molecule has 2 aromatic carbocycles. The second kappa shape index (κ2) is 7.42. The summed E-state index contributed by atoms with van der Waals surface area (Å²) in [6.07, 6.45) is -4.87. The highest BCUT2D eigenvalue weighted by atomic mass is 19.4. The fourth-order valence-electron chi connectivity index (χ4n) is 3.90. The zero-order chi connectivity index (χ0) is 20.8. The Hall–Kier alpha value is -2.45. The normalized spacial score (nSPS) is 21.0. The Morgan fingerprint density at radius 2 is 2.00 bits per heavy atom. The van der Waals surface area contributed by atoms with Crippen molar-refractivity contribution in [3.05, 3.63) is 70.0 Å². The summed E-state index contributed by atoms with van der Waals surface area (Å²) in [5.41, 5.74) is 1.75. The average Bonchev–Trinajstić information content (AvgIpc) is 3.06. The molecule has 29 heavy (non-hydrogen) atoms. The van der Waals surface area contributed by atoms with Gasteiger partial charge in [-0.05, 0) is 47.9 Å². The zero-order valence-electron chi connectivity index (χ0n) is 15.7. The van der Waals surface area contributed by atoms with E-state index in [-0.39, 0.29) is 17.6 Å². The quantitative estimate of drug-likeness (QED) is 0.774. The SMILES string of the molecule is C[C@@H](c1cc(F)cc(C(F)(F)F)c1)N1CCO[C@H](c2ccc3c(c2)CNC3=O)C1. The van der Waals surface area contributed by atoms with Gasteiger partial charge in [-0.15, -0.1) is 0 Å². The molecule has 2 heterocycles. The first-order valence-corrected chi connectivity index (χ1v) is 9.37. The van der Waals surface area contributed by atoms with Gasteiger partial charge in [0.2, 0.25) is 0 Å². The molecule has 0 spiro atoms. The molecule has 0 aromatic heterocycles. The number of hydrogen-bond acceptors (Lipinski definition) is 3. The lowest BCUT2D eigenvalue weighted by molar-refractivity contribution is -0.137. The molecule has 0 unspecified atom stereocenters. The third kappa shape index (κ3) is 4.00. The molecule has 0 aliphatic carbocycles. The highest BCUT2D eigenvalue weighted by Crippen LogP contribution is 2.34. The van der Waals surface area contributed by atoms with E-state index in [1.54, 1.807) is 13.0 Å². The number of ether oxygens (including phenoxy) is 1. The smallest absolute Gasteiger partial charge is 0.371 e. The van der Waals surface area contributed by atoms with Crippen molar-refractivity contribution < 1.29 is 27.1 Å². The molecule has 1 saturated heterocycles. The third-order valence-electron chi connectivity index (χ3n) is 5.56. The van der Waals surface area contributed by atoms with Crippen LogP contribution in [0.4, 0.5) is 17.6 Å². The predicted octanol–water partition coefficient (Wildman–Crippen LogP) is 4.22. The molecule has 2 aromatic rings. The van der Waals surface area contributed by atoms with Crippen molar-refractivity contribution in [3.63, 3.8) is 0 Å². The van der Waals surface area contributed by atoms with E-state index in [0.717, 1.165) is 23.3 Å². The van der Waals surface area contributed by atoms with Crippen LogP contribution in [0.2, 0.25) is 0 Å². The first-order valence-electron chi connectivity index (χ1n) is 9.37. The van der Waals surface area contributed by atoms with Crippen molar-refractivity contribution in [3.8, 4) is 0 Å². The summed E-state index contributed by atoms with van der Waals surface area (Å²) < 4.78 is 58.8. The van der Waals surface area contributed by atoms with Gasteiger partial charge < -0.3 is 10.1 Å². The summed E-state index contributed by atoms with van der Waals surface area (Å²) in [5.74, 6) is -1.000. The minimum Gasteiger partial charge on any atom is -0.371 e. The number of carbonyl (C=O) groups excluding carboxylic acids is 1. The lowest BCUT2D eigenvalue weighted by Gasteiger charge is -2.37. The Bertz CT molecular complexity index is 945. The summed E-state index contributed by atoms with van der Waals surface area (Å²) >= 11 is 0. The number of rotatable bonds is 3. The first-order chi connectivity index (χ1) is 13.7. The van der Waals surface area contributed by atoms with Crippen molar-refractivity contribution in [1.82, 2.24) is 10.2 Å². The standard InChI is InChI=1S/C21H20F4N2O2/c1-12(14-7-16(21(23,24)25)9-17(22)8-14)27-4-5-29-19(11-27)13-2-3-18-15(6-13)10-26-20(18)28/h2-3,6-9,12,19H,4-5,10-11H2,1H3,(H,26,28)/t12-,19-/m0/s1. The molecule has 0 saturated carbocycles. The zero-order valence-corrected chi connectivity index (χ0v) is 15.7.